The fourth-order valence-electron chi connectivity index (χ4n) is 4.67. The number of hydrogen-bond donors (Lipinski definition) is 3. The van der Waals surface area contributed by atoms with Crippen molar-refractivity contribution in [1.29, 1.82) is 0 Å². The summed E-state index contributed by atoms with van der Waals surface area (Å²) in [5.74, 6) is -1.15. The molecule has 0 bridgehead atoms. The first kappa shape index (κ1) is 23.8. The number of carboxylic acid groups (broad SMARTS) is 1. The molecule has 0 aliphatic heterocycles. The number of rotatable bonds is 10. The van der Waals surface area contributed by atoms with Crippen LogP contribution in [0.3, 0.4) is 0 Å². The summed E-state index contributed by atoms with van der Waals surface area (Å²) in [5.41, 5.74) is 4.49. The highest BCUT2D eigenvalue weighted by Crippen LogP contribution is 2.44. The van der Waals surface area contributed by atoms with E-state index in [9.17, 15) is 19.5 Å². The Morgan fingerprint density at radius 2 is 1.53 bits per heavy atom. The summed E-state index contributed by atoms with van der Waals surface area (Å²) in [5, 5.41) is 14.8. The molecule has 4 rings (SSSR count). The van der Waals surface area contributed by atoms with Crippen LogP contribution >= 0.6 is 0 Å². The van der Waals surface area contributed by atoms with Gasteiger partial charge in [0.05, 0.1) is 0 Å². The predicted molar refractivity (Wildman–Crippen MR) is 128 cm³/mol. The van der Waals surface area contributed by atoms with Crippen molar-refractivity contribution < 1.29 is 24.2 Å². The van der Waals surface area contributed by atoms with Gasteiger partial charge in [0, 0.05) is 5.92 Å². The highest BCUT2D eigenvalue weighted by Gasteiger charge is 2.33. The first-order valence-corrected chi connectivity index (χ1v) is 12.0. The van der Waals surface area contributed by atoms with E-state index >= 15 is 0 Å². The van der Waals surface area contributed by atoms with Crippen LogP contribution in [0.4, 0.5) is 4.79 Å². The number of alkyl carbamates (subject to hydrolysis) is 1. The van der Waals surface area contributed by atoms with Gasteiger partial charge in [0.15, 0.2) is 0 Å². The second kappa shape index (κ2) is 10.3. The minimum absolute atomic E-state index is 0.0783. The molecule has 2 atom stereocenters. The molecule has 2 aliphatic rings. The van der Waals surface area contributed by atoms with Crippen molar-refractivity contribution >= 4 is 18.0 Å². The van der Waals surface area contributed by atoms with Gasteiger partial charge in [-0.05, 0) is 46.9 Å². The third-order valence-electron chi connectivity index (χ3n) is 6.54. The highest BCUT2D eigenvalue weighted by atomic mass is 16.5. The summed E-state index contributed by atoms with van der Waals surface area (Å²) < 4.78 is 5.58. The number of carbonyl (C=O) groups is 3. The Bertz CT molecular complexity index is 1020. The second-order valence-corrected chi connectivity index (χ2v) is 9.73. The van der Waals surface area contributed by atoms with E-state index in [0.29, 0.717) is 18.8 Å². The van der Waals surface area contributed by atoms with E-state index in [1.54, 1.807) is 0 Å². The van der Waals surface area contributed by atoms with E-state index in [1.807, 2.05) is 50.2 Å². The molecule has 2 aromatic rings. The van der Waals surface area contributed by atoms with Crippen LogP contribution in [0.1, 0.15) is 56.6 Å². The molecular formula is C27H32N2O5. The zero-order valence-corrected chi connectivity index (χ0v) is 19.6. The van der Waals surface area contributed by atoms with Gasteiger partial charge in [-0.15, -0.1) is 0 Å². The van der Waals surface area contributed by atoms with Crippen LogP contribution in [0.2, 0.25) is 0 Å². The summed E-state index contributed by atoms with van der Waals surface area (Å²) in [6, 6.07) is 14.3. The van der Waals surface area contributed by atoms with Crippen molar-refractivity contribution in [2.24, 2.45) is 11.8 Å². The Morgan fingerprint density at radius 1 is 0.941 bits per heavy atom. The lowest BCUT2D eigenvalue weighted by Crippen LogP contribution is -2.52. The molecule has 7 nitrogen and oxygen atoms in total. The molecule has 2 aromatic carbocycles. The number of aliphatic carboxylic acids is 1. The standard InChI is InChI=1S/C27H32N2O5/c1-16(2)13-23(25(30)28-24(26(31)32)14-17-11-12-17)29-27(33)34-15-22-20-9-5-3-7-18(20)19-8-4-6-10-21(19)22/h3-10,16-17,22-24H,11-15H2,1-2H3,(H,28,30)(H,29,33)(H,31,32). The van der Waals surface area contributed by atoms with Gasteiger partial charge in [0.25, 0.3) is 0 Å². The number of fused-ring (bicyclic) bond motifs is 3. The molecule has 1 saturated carbocycles. The number of amides is 2. The molecule has 34 heavy (non-hydrogen) atoms. The van der Waals surface area contributed by atoms with Crippen LogP contribution in [0, 0.1) is 11.8 Å². The molecule has 3 N–H and O–H groups in total. The average Bonchev–Trinajstić information content (AvgIpc) is 3.57. The number of carbonyl (C=O) groups excluding carboxylic acids is 2. The molecule has 0 radical (unpaired) electrons. The molecule has 0 saturated heterocycles. The smallest absolute Gasteiger partial charge is 0.407 e. The van der Waals surface area contributed by atoms with Gasteiger partial charge in [-0.3, -0.25) is 4.79 Å². The van der Waals surface area contributed by atoms with Crippen LogP contribution in [-0.2, 0) is 14.3 Å². The number of hydrogen-bond acceptors (Lipinski definition) is 4. The van der Waals surface area contributed by atoms with E-state index in [-0.39, 0.29) is 18.4 Å². The van der Waals surface area contributed by atoms with Crippen molar-refractivity contribution in [2.75, 3.05) is 6.61 Å². The van der Waals surface area contributed by atoms with Crippen LogP contribution < -0.4 is 10.6 Å². The minimum atomic E-state index is -1.05. The van der Waals surface area contributed by atoms with Crippen molar-refractivity contribution in [1.82, 2.24) is 10.6 Å². The highest BCUT2D eigenvalue weighted by molar-refractivity contribution is 5.89. The number of benzene rings is 2. The number of carboxylic acids is 1. The minimum Gasteiger partial charge on any atom is -0.480 e. The predicted octanol–water partition coefficient (Wildman–Crippen LogP) is 4.31. The zero-order valence-electron chi connectivity index (χ0n) is 19.6. The van der Waals surface area contributed by atoms with Crippen molar-refractivity contribution in [3.63, 3.8) is 0 Å². The lowest BCUT2D eigenvalue weighted by Gasteiger charge is -2.23. The third kappa shape index (κ3) is 5.58. The SMILES string of the molecule is CC(C)CC(NC(=O)OCC1c2ccccc2-c2ccccc21)C(=O)NC(CC1CC1)C(=O)O. The van der Waals surface area contributed by atoms with E-state index in [4.69, 9.17) is 4.74 Å². The summed E-state index contributed by atoms with van der Waals surface area (Å²) in [6.45, 7) is 4.03. The van der Waals surface area contributed by atoms with Gasteiger partial charge in [-0.1, -0.05) is 75.2 Å². The van der Waals surface area contributed by atoms with E-state index < -0.39 is 30.1 Å². The molecule has 7 heteroatoms. The van der Waals surface area contributed by atoms with Gasteiger partial charge >= 0.3 is 12.1 Å². The van der Waals surface area contributed by atoms with Gasteiger partial charge in [0.2, 0.25) is 5.91 Å². The molecule has 0 aromatic heterocycles. The number of ether oxygens (including phenoxy) is 1. The first-order chi connectivity index (χ1) is 16.3. The zero-order chi connectivity index (χ0) is 24.2. The lowest BCUT2D eigenvalue weighted by molar-refractivity contribution is -0.142. The van der Waals surface area contributed by atoms with Crippen molar-refractivity contribution in [3.8, 4) is 11.1 Å². The van der Waals surface area contributed by atoms with Crippen LogP contribution in [-0.4, -0.2) is 41.8 Å². The van der Waals surface area contributed by atoms with Gasteiger partial charge in [-0.2, -0.15) is 0 Å². The van der Waals surface area contributed by atoms with Crippen molar-refractivity contribution in [2.45, 2.75) is 57.5 Å². The largest absolute Gasteiger partial charge is 0.480 e. The van der Waals surface area contributed by atoms with Gasteiger partial charge in [0.1, 0.15) is 18.7 Å². The first-order valence-electron chi connectivity index (χ1n) is 12.0. The second-order valence-electron chi connectivity index (χ2n) is 9.73. The van der Waals surface area contributed by atoms with E-state index in [2.05, 4.69) is 22.8 Å². The summed E-state index contributed by atoms with van der Waals surface area (Å²) in [4.78, 5) is 37.2. The lowest BCUT2D eigenvalue weighted by atomic mass is 9.98. The molecular weight excluding hydrogens is 432 g/mol. The number of nitrogens with one attached hydrogen (secondary N) is 2. The van der Waals surface area contributed by atoms with Gasteiger partial charge < -0.3 is 20.5 Å². The molecule has 0 spiro atoms. The Morgan fingerprint density at radius 3 is 2.06 bits per heavy atom. The fourth-order valence-corrected chi connectivity index (χ4v) is 4.67. The molecule has 2 aliphatic carbocycles. The quantitative estimate of drug-likeness (QED) is 0.486. The van der Waals surface area contributed by atoms with Gasteiger partial charge in [-0.25, -0.2) is 9.59 Å². The molecule has 1 fully saturated rings. The fraction of sp³-hybridized carbons (Fsp3) is 0.444. The molecule has 2 amide bonds. The molecule has 2 unspecified atom stereocenters. The van der Waals surface area contributed by atoms with E-state index in [1.165, 1.54) is 0 Å². The third-order valence-corrected chi connectivity index (χ3v) is 6.54. The Kier molecular flexibility index (Phi) is 7.20. The van der Waals surface area contributed by atoms with E-state index in [0.717, 1.165) is 35.1 Å². The Hall–Kier alpha value is -3.35. The average molecular weight is 465 g/mol. The van der Waals surface area contributed by atoms with Crippen LogP contribution in [0.15, 0.2) is 48.5 Å². The van der Waals surface area contributed by atoms with Crippen LogP contribution in [0.25, 0.3) is 11.1 Å². The Balaban J connectivity index is 1.39. The maximum Gasteiger partial charge on any atom is 0.407 e. The summed E-state index contributed by atoms with van der Waals surface area (Å²) >= 11 is 0. The monoisotopic (exact) mass is 464 g/mol. The topological polar surface area (TPSA) is 105 Å². The maximum absolute atomic E-state index is 12.9. The summed E-state index contributed by atoms with van der Waals surface area (Å²) in [7, 11) is 0. The normalized spacial score (nSPS) is 16.3. The summed E-state index contributed by atoms with van der Waals surface area (Å²) in [6.07, 6.45) is 2.10. The molecule has 180 valence electrons. The molecule has 0 heterocycles. The van der Waals surface area contributed by atoms with Crippen LogP contribution in [0.5, 0.6) is 0 Å². The Labute approximate surface area is 199 Å². The van der Waals surface area contributed by atoms with Crippen molar-refractivity contribution in [3.05, 3.63) is 59.7 Å². The maximum atomic E-state index is 12.9.